The molecule has 6 heteroatoms. The van der Waals surface area contributed by atoms with Crippen LogP contribution in [0.4, 0.5) is 0 Å². The van der Waals surface area contributed by atoms with Crippen LogP contribution >= 0.6 is 0 Å². The fourth-order valence-corrected chi connectivity index (χ4v) is 3.15. The number of carbonyl (C=O) groups is 2. The Morgan fingerprint density at radius 1 is 1.31 bits per heavy atom. The van der Waals surface area contributed by atoms with E-state index in [9.17, 15) is 14.9 Å². The van der Waals surface area contributed by atoms with Crippen LogP contribution in [0, 0.1) is 24.2 Å². The van der Waals surface area contributed by atoms with Crippen LogP contribution in [0.5, 0.6) is 5.75 Å². The molecule has 1 aromatic carbocycles. The number of carboxylic acid groups (broad SMARTS) is 1. The Morgan fingerprint density at radius 3 is 2.42 bits per heavy atom. The second-order valence-corrected chi connectivity index (χ2v) is 6.86. The number of rotatable bonds is 9. The summed E-state index contributed by atoms with van der Waals surface area (Å²) in [5.74, 6) is -1.24. The number of benzene rings is 1. The highest BCUT2D eigenvalue weighted by Gasteiger charge is 2.38. The summed E-state index contributed by atoms with van der Waals surface area (Å²) in [6, 6.07) is 7.69. The van der Waals surface area contributed by atoms with Crippen LogP contribution in [0.1, 0.15) is 51.2 Å². The number of carbonyl (C=O) groups excluding carboxylic acids is 1. The van der Waals surface area contributed by atoms with Crippen LogP contribution in [0.2, 0.25) is 0 Å². The average molecular weight is 361 g/mol. The predicted molar refractivity (Wildman–Crippen MR) is 96.9 cm³/mol. The lowest BCUT2D eigenvalue weighted by atomic mass is 9.70. The molecule has 0 saturated heterocycles. The van der Waals surface area contributed by atoms with Gasteiger partial charge in [0, 0.05) is 6.42 Å². The fraction of sp³-hybridized carbons (Fsp3) is 0.550. The Bertz CT molecular complexity index is 692. The Labute approximate surface area is 154 Å². The van der Waals surface area contributed by atoms with E-state index in [4.69, 9.17) is 14.6 Å². The van der Waals surface area contributed by atoms with E-state index in [-0.39, 0.29) is 25.4 Å². The lowest BCUT2D eigenvalue weighted by Crippen LogP contribution is -2.31. The van der Waals surface area contributed by atoms with Crippen molar-refractivity contribution in [2.24, 2.45) is 5.92 Å². The van der Waals surface area contributed by atoms with Crippen molar-refractivity contribution in [3.05, 3.63) is 29.3 Å². The minimum atomic E-state index is -1.09. The summed E-state index contributed by atoms with van der Waals surface area (Å²) < 4.78 is 10.5. The minimum absolute atomic E-state index is 0.0207. The molecule has 0 aliphatic rings. The molecule has 0 aromatic heterocycles. The molecule has 0 bridgehead atoms. The van der Waals surface area contributed by atoms with Gasteiger partial charge in [0.25, 0.3) is 0 Å². The van der Waals surface area contributed by atoms with Crippen LogP contribution in [0.25, 0.3) is 0 Å². The van der Waals surface area contributed by atoms with Gasteiger partial charge in [0.2, 0.25) is 0 Å². The van der Waals surface area contributed by atoms with E-state index in [0.29, 0.717) is 11.3 Å². The number of hydrogen-bond donors (Lipinski definition) is 1. The Kier molecular flexibility index (Phi) is 7.63. The molecule has 0 aliphatic carbocycles. The predicted octanol–water partition coefficient (Wildman–Crippen LogP) is 3.61. The van der Waals surface area contributed by atoms with E-state index < -0.39 is 23.3 Å². The molecule has 0 amide bonds. The first-order chi connectivity index (χ1) is 12.1. The molecule has 142 valence electrons. The molecule has 1 rings (SSSR count). The Balaban J connectivity index is 3.32. The third kappa shape index (κ3) is 5.48. The summed E-state index contributed by atoms with van der Waals surface area (Å²) >= 11 is 0. The van der Waals surface area contributed by atoms with Crippen molar-refractivity contribution in [1.82, 2.24) is 0 Å². The molecule has 0 radical (unpaired) electrons. The second kappa shape index (κ2) is 9.23. The summed E-state index contributed by atoms with van der Waals surface area (Å²) in [5.41, 5.74) is 0.451. The Hall–Kier alpha value is -2.55. The highest BCUT2D eigenvalue weighted by Crippen LogP contribution is 2.38. The highest BCUT2D eigenvalue weighted by atomic mass is 16.5. The van der Waals surface area contributed by atoms with Gasteiger partial charge in [-0.15, -0.1) is 0 Å². The van der Waals surface area contributed by atoms with Crippen LogP contribution in [-0.4, -0.2) is 30.3 Å². The standard InChI is InChI=1S/C20H27NO5/c1-13(2)26-16-6-7-17(14(3)10-16)20(12-21,9-8-18(22)23)11-15(4)19(24)25-5/h6-7,10,13,15H,8-9,11H2,1-5H3,(H,22,23). The minimum Gasteiger partial charge on any atom is -0.491 e. The van der Waals surface area contributed by atoms with Crippen LogP contribution < -0.4 is 4.74 Å². The number of aryl methyl sites for hydroxylation is 1. The maximum atomic E-state index is 11.9. The molecule has 0 aliphatic heterocycles. The van der Waals surface area contributed by atoms with E-state index in [2.05, 4.69) is 6.07 Å². The summed E-state index contributed by atoms with van der Waals surface area (Å²) in [6.07, 6.45) is 0.165. The lowest BCUT2D eigenvalue weighted by molar-refractivity contribution is -0.145. The molecule has 0 saturated carbocycles. The van der Waals surface area contributed by atoms with Crippen molar-refractivity contribution < 1.29 is 24.2 Å². The van der Waals surface area contributed by atoms with Gasteiger partial charge in [-0.25, -0.2) is 0 Å². The van der Waals surface area contributed by atoms with Crippen LogP contribution in [-0.2, 0) is 19.7 Å². The highest BCUT2D eigenvalue weighted by molar-refractivity contribution is 5.72. The van der Waals surface area contributed by atoms with Gasteiger partial charge in [-0.3, -0.25) is 9.59 Å². The number of hydrogen-bond acceptors (Lipinski definition) is 5. The van der Waals surface area contributed by atoms with E-state index in [1.807, 2.05) is 26.8 Å². The fourth-order valence-electron chi connectivity index (χ4n) is 3.15. The van der Waals surface area contributed by atoms with E-state index in [1.54, 1.807) is 19.1 Å². The molecule has 6 nitrogen and oxygen atoms in total. The molecule has 2 unspecified atom stereocenters. The molecule has 0 spiro atoms. The van der Waals surface area contributed by atoms with Crippen molar-refractivity contribution >= 4 is 11.9 Å². The van der Waals surface area contributed by atoms with Crippen molar-refractivity contribution in [1.29, 1.82) is 5.26 Å². The van der Waals surface area contributed by atoms with Gasteiger partial charge in [0.15, 0.2) is 0 Å². The number of carboxylic acids is 1. The molecule has 0 heterocycles. The van der Waals surface area contributed by atoms with E-state index in [0.717, 1.165) is 5.56 Å². The number of esters is 1. The molecular weight excluding hydrogens is 334 g/mol. The second-order valence-electron chi connectivity index (χ2n) is 6.86. The molecule has 0 fully saturated rings. The largest absolute Gasteiger partial charge is 0.491 e. The zero-order valence-corrected chi connectivity index (χ0v) is 16.0. The van der Waals surface area contributed by atoms with Crippen molar-refractivity contribution in [2.75, 3.05) is 7.11 Å². The zero-order valence-electron chi connectivity index (χ0n) is 16.0. The summed E-state index contributed by atoms with van der Waals surface area (Å²) in [7, 11) is 1.30. The lowest BCUT2D eigenvalue weighted by Gasteiger charge is -2.30. The smallest absolute Gasteiger partial charge is 0.308 e. The van der Waals surface area contributed by atoms with Gasteiger partial charge >= 0.3 is 11.9 Å². The van der Waals surface area contributed by atoms with Crippen LogP contribution in [0.15, 0.2) is 18.2 Å². The third-order valence-corrected chi connectivity index (χ3v) is 4.32. The van der Waals surface area contributed by atoms with Gasteiger partial charge < -0.3 is 14.6 Å². The van der Waals surface area contributed by atoms with Crippen molar-refractivity contribution in [3.8, 4) is 11.8 Å². The SMILES string of the molecule is COC(=O)C(C)CC(C#N)(CCC(=O)O)c1ccc(OC(C)C)cc1C. The third-order valence-electron chi connectivity index (χ3n) is 4.32. The normalized spacial score (nSPS) is 14.2. The maximum absolute atomic E-state index is 11.9. The maximum Gasteiger partial charge on any atom is 0.308 e. The van der Waals surface area contributed by atoms with E-state index in [1.165, 1.54) is 7.11 Å². The van der Waals surface area contributed by atoms with Gasteiger partial charge in [0.05, 0.1) is 30.6 Å². The molecule has 2 atom stereocenters. The first kappa shape index (κ1) is 21.5. The monoisotopic (exact) mass is 361 g/mol. The van der Waals surface area contributed by atoms with E-state index >= 15 is 0 Å². The molecular formula is C20H27NO5. The first-order valence-electron chi connectivity index (χ1n) is 8.64. The van der Waals surface area contributed by atoms with Gasteiger partial charge in [-0.05, 0) is 56.9 Å². The summed E-state index contributed by atoms with van der Waals surface area (Å²) in [4.78, 5) is 23.0. The summed E-state index contributed by atoms with van der Waals surface area (Å²) in [6.45, 7) is 7.39. The number of aliphatic carboxylic acids is 1. The topological polar surface area (TPSA) is 96.6 Å². The van der Waals surface area contributed by atoms with Crippen molar-refractivity contribution in [2.45, 2.75) is 58.5 Å². The average Bonchev–Trinajstić information content (AvgIpc) is 2.57. The van der Waals surface area contributed by atoms with Gasteiger partial charge in [-0.1, -0.05) is 13.0 Å². The number of nitrogens with zero attached hydrogens (tertiary/aromatic N) is 1. The van der Waals surface area contributed by atoms with Gasteiger partial charge in [-0.2, -0.15) is 5.26 Å². The number of ether oxygens (including phenoxy) is 2. The number of methoxy groups -OCH3 is 1. The molecule has 1 aromatic rings. The van der Waals surface area contributed by atoms with Crippen molar-refractivity contribution in [3.63, 3.8) is 0 Å². The quantitative estimate of drug-likeness (QED) is 0.675. The summed E-state index contributed by atoms with van der Waals surface area (Å²) in [5, 5.41) is 19.1. The first-order valence-corrected chi connectivity index (χ1v) is 8.64. The number of nitriles is 1. The molecule has 1 N–H and O–H groups in total. The van der Waals surface area contributed by atoms with Gasteiger partial charge in [0.1, 0.15) is 5.75 Å². The molecule has 26 heavy (non-hydrogen) atoms. The van der Waals surface area contributed by atoms with Crippen LogP contribution in [0.3, 0.4) is 0 Å². The zero-order chi connectivity index (χ0) is 19.9. The Morgan fingerprint density at radius 2 is 1.96 bits per heavy atom.